The Hall–Kier alpha value is -3.62. The highest BCUT2D eigenvalue weighted by molar-refractivity contribution is 5.95. The molecule has 0 bridgehead atoms. The van der Waals surface area contributed by atoms with E-state index in [0.717, 1.165) is 35.9 Å². The molecule has 0 radical (unpaired) electrons. The van der Waals surface area contributed by atoms with Gasteiger partial charge in [-0.3, -0.25) is 4.79 Å². The van der Waals surface area contributed by atoms with Crippen LogP contribution < -0.4 is 9.47 Å². The lowest BCUT2D eigenvalue weighted by Gasteiger charge is -2.38. The van der Waals surface area contributed by atoms with Gasteiger partial charge in [0.25, 0.3) is 5.91 Å². The first kappa shape index (κ1) is 23.5. The molecular formula is C25H20F5NO3. The molecule has 0 spiro atoms. The minimum Gasteiger partial charge on any atom is -0.493 e. The van der Waals surface area contributed by atoms with E-state index in [1.54, 1.807) is 12.1 Å². The molecule has 0 saturated carbocycles. The molecule has 9 heteroatoms. The fraction of sp³-hybridized carbons (Fsp3) is 0.240. The first-order valence-corrected chi connectivity index (χ1v) is 10.3. The Morgan fingerprint density at radius 2 is 1.68 bits per heavy atom. The second-order valence-corrected chi connectivity index (χ2v) is 7.80. The van der Waals surface area contributed by atoms with Crippen molar-refractivity contribution in [1.82, 2.24) is 4.90 Å². The zero-order valence-electron chi connectivity index (χ0n) is 18.2. The lowest BCUT2D eigenvalue weighted by atomic mass is 9.86. The average molecular weight is 477 g/mol. The van der Waals surface area contributed by atoms with Crippen LogP contribution in [-0.2, 0) is 12.6 Å². The average Bonchev–Trinajstić information content (AvgIpc) is 2.82. The molecule has 1 aliphatic heterocycles. The molecule has 0 aliphatic carbocycles. The molecule has 34 heavy (non-hydrogen) atoms. The summed E-state index contributed by atoms with van der Waals surface area (Å²) in [5.74, 6) is -1.80. The summed E-state index contributed by atoms with van der Waals surface area (Å²) in [6.07, 6.45) is -4.28. The van der Waals surface area contributed by atoms with Gasteiger partial charge in [0, 0.05) is 6.54 Å². The van der Waals surface area contributed by atoms with E-state index in [0.29, 0.717) is 23.5 Å². The highest BCUT2D eigenvalue weighted by Crippen LogP contribution is 2.42. The standard InChI is InChI=1S/C25H20F5NO3/c1-33-21-11-14-8-9-31(24(32)19-12-17(26)6-7-20(19)27)23(18(14)13-22(21)34-2)15-4-3-5-16(10-15)25(28,29)30/h3-7,10-13,23H,8-9H2,1-2H3/t23-/m0/s1. The van der Waals surface area contributed by atoms with Crippen LogP contribution in [0.4, 0.5) is 22.0 Å². The number of fused-ring (bicyclic) bond motifs is 1. The Bertz CT molecular complexity index is 1240. The number of hydrogen-bond acceptors (Lipinski definition) is 3. The molecule has 1 amide bonds. The van der Waals surface area contributed by atoms with Gasteiger partial charge in [-0.15, -0.1) is 0 Å². The van der Waals surface area contributed by atoms with E-state index in [4.69, 9.17) is 9.47 Å². The third-order valence-corrected chi connectivity index (χ3v) is 5.82. The lowest BCUT2D eigenvalue weighted by molar-refractivity contribution is -0.137. The summed E-state index contributed by atoms with van der Waals surface area (Å²) in [5.41, 5.74) is 0.0354. The van der Waals surface area contributed by atoms with Gasteiger partial charge in [-0.2, -0.15) is 13.2 Å². The van der Waals surface area contributed by atoms with Crippen LogP contribution in [0.3, 0.4) is 0 Å². The number of ether oxygens (including phenoxy) is 2. The number of carbonyl (C=O) groups excluding carboxylic acids is 1. The smallest absolute Gasteiger partial charge is 0.416 e. The van der Waals surface area contributed by atoms with Crippen LogP contribution in [0.5, 0.6) is 11.5 Å². The van der Waals surface area contributed by atoms with Gasteiger partial charge in [0.05, 0.1) is 31.4 Å². The summed E-state index contributed by atoms with van der Waals surface area (Å²) >= 11 is 0. The van der Waals surface area contributed by atoms with Crippen molar-refractivity contribution in [1.29, 1.82) is 0 Å². The van der Waals surface area contributed by atoms with Crippen LogP contribution in [0.25, 0.3) is 0 Å². The number of amides is 1. The maximum atomic E-state index is 14.4. The highest BCUT2D eigenvalue weighted by Gasteiger charge is 2.37. The predicted molar refractivity (Wildman–Crippen MR) is 114 cm³/mol. The minimum atomic E-state index is -4.60. The third-order valence-electron chi connectivity index (χ3n) is 5.82. The molecular weight excluding hydrogens is 457 g/mol. The van der Waals surface area contributed by atoms with Crippen molar-refractivity contribution >= 4 is 5.91 Å². The minimum absolute atomic E-state index is 0.0676. The second kappa shape index (κ2) is 8.96. The van der Waals surface area contributed by atoms with Crippen molar-refractivity contribution in [2.75, 3.05) is 20.8 Å². The molecule has 178 valence electrons. The number of benzene rings is 3. The number of methoxy groups -OCH3 is 2. The van der Waals surface area contributed by atoms with E-state index in [1.807, 2.05) is 0 Å². The van der Waals surface area contributed by atoms with Crippen LogP contribution in [0.1, 0.15) is 38.7 Å². The van der Waals surface area contributed by atoms with Gasteiger partial charge in [0.15, 0.2) is 11.5 Å². The number of nitrogens with zero attached hydrogens (tertiary/aromatic N) is 1. The van der Waals surface area contributed by atoms with Gasteiger partial charge in [-0.25, -0.2) is 8.78 Å². The molecule has 1 atom stereocenters. The van der Waals surface area contributed by atoms with Crippen molar-refractivity contribution in [3.8, 4) is 11.5 Å². The number of halogens is 5. The van der Waals surface area contributed by atoms with Crippen molar-refractivity contribution in [3.05, 3.63) is 94.0 Å². The predicted octanol–water partition coefficient (Wildman–Crippen LogP) is 5.79. The van der Waals surface area contributed by atoms with Crippen molar-refractivity contribution in [3.63, 3.8) is 0 Å². The maximum Gasteiger partial charge on any atom is 0.416 e. The van der Waals surface area contributed by atoms with Gasteiger partial charge in [-0.05, 0) is 65.6 Å². The summed E-state index contributed by atoms with van der Waals surface area (Å²) in [4.78, 5) is 14.6. The Morgan fingerprint density at radius 3 is 2.35 bits per heavy atom. The normalized spacial score (nSPS) is 15.6. The summed E-state index contributed by atoms with van der Waals surface area (Å²) < 4.78 is 79.3. The van der Waals surface area contributed by atoms with E-state index in [2.05, 4.69) is 0 Å². The molecule has 0 aromatic heterocycles. The largest absolute Gasteiger partial charge is 0.493 e. The van der Waals surface area contributed by atoms with Crippen LogP contribution in [0, 0.1) is 11.6 Å². The molecule has 3 aromatic carbocycles. The number of hydrogen-bond donors (Lipinski definition) is 0. The number of rotatable bonds is 4. The van der Waals surface area contributed by atoms with Crippen molar-refractivity contribution < 1.29 is 36.2 Å². The Balaban J connectivity index is 1.91. The van der Waals surface area contributed by atoms with Gasteiger partial charge < -0.3 is 14.4 Å². The maximum absolute atomic E-state index is 14.4. The number of carbonyl (C=O) groups is 1. The number of alkyl halides is 3. The molecule has 4 nitrogen and oxygen atoms in total. The van der Waals surface area contributed by atoms with Crippen LogP contribution in [0.2, 0.25) is 0 Å². The van der Waals surface area contributed by atoms with E-state index < -0.39 is 40.9 Å². The molecule has 3 aromatic rings. The molecule has 1 aliphatic rings. The highest BCUT2D eigenvalue weighted by atomic mass is 19.4. The molecule has 1 heterocycles. The first-order valence-electron chi connectivity index (χ1n) is 10.3. The van der Waals surface area contributed by atoms with Gasteiger partial charge in [0.1, 0.15) is 11.6 Å². The SMILES string of the molecule is COc1cc2c(cc1OC)[C@H](c1cccc(C(F)(F)F)c1)N(C(=O)c1cc(F)ccc1F)CC2. The zero-order chi connectivity index (χ0) is 24.6. The van der Waals surface area contributed by atoms with Gasteiger partial charge >= 0.3 is 6.18 Å². The van der Waals surface area contributed by atoms with E-state index in [9.17, 15) is 26.7 Å². The molecule has 0 N–H and O–H groups in total. The fourth-order valence-corrected chi connectivity index (χ4v) is 4.23. The Labute approximate surface area is 192 Å². The second-order valence-electron chi connectivity index (χ2n) is 7.80. The Kier molecular flexibility index (Phi) is 6.20. The monoisotopic (exact) mass is 477 g/mol. The molecule has 4 rings (SSSR count). The quantitative estimate of drug-likeness (QED) is 0.447. The molecule has 0 fully saturated rings. The summed E-state index contributed by atoms with van der Waals surface area (Å²) in [6, 6.07) is 9.42. The van der Waals surface area contributed by atoms with Gasteiger partial charge in [0.2, 0.25) is 0 Å². The third kappa shape index (κ3) is 4.30. The van der Waals surface area contributed by atoms with Crippen molar-refractivity contribution in [2.24, 2.45) is 0 Å². The molecule has 0 unspecified atom stereocenters. The Morgan fingerprint density at radius 1 is 0.971 bits per heavy atom. The van der Waals surface area contributed by atoms with Crippen LogP contribution >= 0.6 is 0 Å². The van der Waals surface area contributed by atoms with E-state index in [-0.39, 0.29) is 12.1 Å². The molecule has 0 saturated heterocycles. The lowest BCUT2D eigenvalue weighted by Crippen LogP contribution is -2.41. The summed E-state index contributed by atoms with van der Waals surface area (Å²) in [5, 5.41) is 0. The first-order chi connectivity index (χ1) is 16.1. The zero-order valence-corrected chi connectivity index (χ0v) is 18.2. The van der Waals surface area contributed by atoms with Crippen LogP contribution in [-0.4, -0.2) is 31.6 Å². The topological polar surface area (TPSA) is 38.8 Å². The summed E-state index contributed by atoms with van der Waals surface area (Å²) in [7, 11) is 2.87. The van der Waals surface area contributed by atoms with E-state index >= 15 is 0 Å². The fourth-order valence-electron chi connectivity index (χ4n) is 4.23. The van der Waals surface area contributed by atoms with Crippen LogP contribution in [0.15, 0.2) is 54.6 Å². The van der Waals surface area contributed by atoms with Gasteiger partial charge in [-0.1, -0.05) is 12.1 Å². The van der Waals surface area contributed by atoms with E-state index in [1.165, 1.54) is 31.3 Å². The van der Waals surface area contributed by atoms with Crippen molar-refractivity contribution in [2.45, 2.75) is 18.6 Å². The summed E-state index contributed by atoms with van der Waals surface area (Å²) in [6.45, 7) is 0.0676.